The summed E-state index contributed by atoms with van der Waals surface area (Å²) >= 11 is 0. The van der Waals surface area contributed by atoms with E-state index in [0.717, 1.165) is 12.8 Å². The van der Waals surface area contributed by atoms with E-state index in [1.54, 1.807) is 13.1 Å². The molecule has 2 N–H and O–H groups in total. The predicted octanol–water partition coefficient (Wildman–Crippen LogP) is 2.66. The molecule has 1 aromatic carbocycles. The number of benzene rings is 1. The topological polar surface area (TPSA) is 110 Å². The molecule has 2 aromatic heterocycles. The molecular weight excluding hydrogens is 320 g/mol. The van der Waals surface area contributed by atoms with Gasteiger partial charge in [0.1, 0.15) is 5.69 Å². The van der Waals surface area contributed by atoms with Crippen molar-refractivity contribution in [1.29, 1.82) is 0 Å². The Morgan fingerprint density at radius 3 is 2.56 bits per heavy atom. The van der Waals surface area contributed by atoms with Gasteiger partial charge in [0.2, 0.25) is 5.95 Å². The fourth-order valence-electron chi connectivity index (χ4n) is 3.25. The highest BCUT2D eigenvalue weighted by Crippen LogP contribution is 2.30. The smallest absolute Gasteiger partial charge is 0.319 e. The fraction of sp³-hybridized carbons (Fsp3) is 0.235. The number of hydrogen-bond donors (Lipinski definition) is 2. The molecule has 0 atom stereocenters. The Hall–Kier alpha value is -3.29. The average Bonchev–Trinajstić information content (AvgIpc) is 3.23. The number of nitrogens with one attached hydrogen (secondary N) is 2. The zero-order valence-electron chi connectivity index (χ0n) is 13.6. The van der Waals surface area contributed by atoms with Crippen molar-refractivity contribution in [2.45, 2.75) is 25.8 Å². The molecule has 0 fully saturated rings. The van der Waals surface area contributed by atoms with Gasteiger partial charge in [-0.05, 0) is 30.9 Å². The first-order chi connectivity index (χ1) is 12.1. The van der Waals surface area contributed by atoms with Crippen LogP contribution in [0, 0.1) is 17.0 Å². The van der Waals surface area contributed by atoms with Crippen molar-refractivity contribution in [2.75, 3.05) is 5.32 Å². The van der Waals surface area contributed by atoms with Crippen LogP contribution < -0.4 is 5.32 Å². The van der Waals surface area contributed by atoms with Crippen LogP contribution in [-0.2, 0) is 12.8 Å². The Labute approximate surface area is 143 Å². The lowest BCUT2D eigenvalue weighted by atomic mass is 10.1. The van der Waals surface area contributed by atoms with Gasteiger partial charge in [-0.25, -0.2) is 15.0 Å². The number of fused-ring (bicyclic) bond motifs is 1. The van der Waals surface area contributed by atoms with Crippen molar-refractivity contribution in [3.05, 3.63) is 63.6 Å². The molecule has 25 heavy (non-hydrogen) atoms. The van der Waals surface area contributed by atoms with E-state index in [9.17, 15) is 10.1 Å². The van der Waals surface area contributed by atoms with Gasteiger partial charge in [0.15, 0.2) is 11.5 Å². The third kappa shape index (κ3) is 2.82. The SMILES string of the molecule is Cc1nc(NC2Cc3ccccc3C2)nc(-c2ncc[nH]2)c1[N+](=O)[O-]. The van der Waals surface area contributed by atoms with Gasteiger partial charge in [0.25, 0.3) is 0 Å². The van der Waals surface area contributed by atoms with Crippen LogP contribution in [-0.4, -0.2) is 30.9 Å². The largest absolute Gasteiger partial charge is 0.351 e. The van der Waals surface area contributed by atoms with Crippen LogP contribution in [0.4, 0.5) is 11.6 Å². The maximum Gasteiger partial charge on any atom is 0.319 e. The summed E-state index contributed by atoms with van der Waals surface area (Å²) in [4.78, 5) is 26.6. The van der Waals surface area contributed by atoms with Crippen LogP contribution in [0.25, 0.3) is 11.5 Å². The molecule has 8 nitrogen and oxygen atoms in total. The van der Waals surface area contributed by atoms with Crippen LogP contribution in [0.2, 0.25) is 0 Å². The zero-order valence-corrected chi connectivity index (χ0v) is 13.6. The number of rotatable bonds is 4. The van der Waals surface area contributed by atoms with Crippen LogP contribution in [0.1, 0.15) is 16.8 Å². The predicted molar refractivity (Wildman–Crippen MR) is 92.3 cm³/mol. The Bertz CT molecular complexity index is 913. The number of aromatic amines is 1. The maximum absolute atomic E-state index is 11.4. The molecule has 0 saturated carbocycles. The monoisotopic (exact) mass is 336 g/mol. The summed E-state index contributed by atoms with van der Waals surface area (Å²) in [5, 5.41) is 14.7. The highest BCUT2D eigenvalue weighted by Gasteiger charge is 2.27. The summed E-state index contributed by atoms with van der Waals surface area (Å²) in [5.41, 5.74) is 3.00. The van der Waals surface area contributed by atoms with Gasteiger partial charge in [-0.3, -0.25) is 10.1 Å². The number of anilines is 1. The minimum absolute atomic E-state index is 0.129. The zero-order chi connectivity index (χ0) is 17.4. The van der Waals surface area contributed by atoms with Crippen LogP contribution in [0.3, 0.4) is 0 Å². The highest BCUT2D eigenvalue weighted by molar-refractivity contribution is 5.66. The first-order valence-corrected chi connectivity index (χ1v) is 7.98. The number of nitro groups is 1. The van der Waals surface area contributed by atoms with E-state index < -0.39 is 4.92 Å². The third-order valence-corrected chi connectivity index (χ3v) is 4.35. The Morgan fingerprint density at radius 2 is 1.96 bits per heavy atom. The van der Waals surface area contributed by atoms with Gasteiger partial charge >= 0.3 is 5.69 Å². The quantitative estimate of drug-likeness (QED) is 0.560. The van der Waals surface area contributed by atoms with Crippen LogP contribution >= 0.6 is 0 Å². The lowest BCUT2D eigenvalue weighted by Crippen LogP contribution is -2.21. The molecule has 8 heteroatoms. The van der Waals surface area contributed by atoms with Crippen molar-refractivity contribution >= 4 is 11.6 Å². The maximum atomic E-state index is 11.4. The molecule has 4 rings (SSSR count). The van der Waals surface area contributed by atoms with Crippen molar-refractivity contribution < 1.29 is 4.92 Å². The Balaban J connectivity index is 1.66. The number of H-pyrrole nitrogens is 1. The Morgan fingerprint density at radius 1 is 1.24 bits per heavy atom. The minimum Gasteiger partial charge on any atom is -0.351 e. The van der Waals surface area contributed by atoms with Gasteiger partial charge in [-0.15, -0.1) is 0 Å². The molecule has 0 bridgehead atoms. The average molecular weight is 336 g/mol. The fourth-order valence-corrected chi connectivity index (χ4v) is 3.25. The summed E-state index contributed by atoms with van der Waals surface area (Å²) in [6.07, 6.45) is 4.91. The lowest BCUT2D eigenvalue weighted by Gasteiger charge is -2.13. The van der Waals surface area contributed by atoms with Crippen molar-refractivity contribution in [3.8, 4) is 11.5 Å². The second-order valence-electron chi connectivity index (χ2n) is 6.04. The molecule has 0 amide bonds. The second kappa shape index (κ2) is 5.97. The molecule has 126 valence electrons. The Kier molecular flexibility index (Phi) is 3.64. The summed E-state index contributed by atoms with van der Waals surface area (Å²) in [5.74, 6) is 0.738. The second-order valence-corrected chi connectivity index (χ2v) is 6.04. The number of nitrogens with zero attached hydrogens (tertiary/aromatic N) is 4. The van der Waals surface area contributed by atoms with Gasteiger partial charge in [-0.2, -0.15) is 0 Å². The molecule has 2 heterocycles. The molecule has 1 aliphatic rings. The van der Waals surface area contributed by atoms with E-state index in [0.29, 0.717) is 17.5 Å². The van der Waals surface area contributed by atoms with E-state index in [2.05, 4.69) is 37.4 Å². The number of hydrogen-bond acceptors (Lipinski definition) is 6. The standard InChI is InChI=1S/C17H16N6O2/c1-10-15(23(24)25)14(16-18-6-7-19-16)22-17(20-10)21-13-8-11-4-2-3-5-12(11)9-13/h2-7,13H,8-9H2,1H3,(H,18,19)(H,20,21,22). The van der Waals surface area contributed by atoms with Gasteiger partial charge < -0.3 is 10.3 Å². The van der Waals surface area contributed by atoms with Gasteiger partial charge in [-0.1, -0.05) is 24.3 Å². The first-order valence-electron chi connectivity index (χ1n) is 7.98. The molecule has 0 saturated heterocycles. The number of aryl methyl sites for hydroxylation is 1. The molecule has 0 aliphatic heterocycles. The van der Waals surface area contributed by atoms with Crippen molar-refractivity contribution in [1.82, 2.24) is 19.9 Å². The first kappa shape index (κ1) is 15.3. The highest BCUT2D eigenvalue weighted by atomic mass is 16.6. The van der Waals surface area contributed by atoms with E-state index in [1.165, 1.54) is 17.3 Å². The van der Waals surface area contributed by atoms with Crippen LogP contribution in [0.5, 0.6) is 0 Å². The molecule has 1 aliphatic carbocycles. The normalized spacial score (nSPS) is 13.6. The molecule has 0 radical (unpaired) electrons. The van der Waals surface area contributed by atoms with Gasteiger partial charge in [0.05, 0.1) is 4.92 Å². The van der Waals surface area contributed by atoms with E-state index >= 15 is 0 Å². The molecule has 3 aromatic rings. The van der Waals surface area contributed by atoms with E-state index in [4.69, 9.17) is 0 Å². The number of aromatic nitrogens is 4. The molecule has 0 unspecified atom stereocenters. The lowest BCUT2D eigenvalue weighted by molar-refractivity contribution is -0.385. The summed E-state index contributed by atoms with van der Waals surface area (Å²) in [6, 6.07) is 8.47. The van der Waals surface area contributed by atoms with E-state index in [-0.39, 0.29) is 17.4 Å². The minimum atomic E-state index is -0.470. The summed E-state index contributed by atoms with van der Waals surface area (Å²) < 4.78 is 0. The van der Waals surface area contributed by atoms with Crippen molar-refractivity contribution in [3.63, 3.8) is 0 Å². The van der Waals surface area contributed by atoms with Crippen LogP contribution in [0.15, 0.2) is 36.7 Å². The van der Waals surface area contributed by atoms with Gasteiger partial charge in [0, 0.05) is 18.4 Å². The third-order valence-electron chi connectivity index (χ3n) is 4.35. The van der Waals surface area contributed by atoms with Crippen molar-refractivity contribution in [2.24, 2.45) is 0 Å². The molecule has 0 spiro atoms. The van der Waals surface area contributed by atoms with E-state index in [1.807, 2.05) is 12.1 Å². The molecular formula is C17H16N6O2. The summed E-state index contributed by atoms with van der Waals surface area (Å²) in [7, 11) is 0. The number of imidazole rings is 1. The summed E-state index contributed by atoms with van der Waals surface area (Å²) in [6.45, 7) is 1.61.